The molecular formula is C21H25F2N3O4. The second-order valence-corrected chi connectivity index (χ2v) is 8.98. The number of carbonyl (C=O) groups excluding carboxylic acids is 2. The molecule has 1 aromatic heterocycles. The van der Waals surface area contributed by atoms with Crippen molar-refractivity contribution in [1.29, 1.82) is 0 Å². The van der Waals surface area contributed by atoms with Crippen LogP contribution in [0.1, 0.15) is 50.2 Å². The zero-order chi connectivity index (χ0) is 21.8. The molecule has 1 fully saturated rings. The Morgan fingerprint density at radius 1 is 1.23 bits per heavy atom. The highest BCUT2D eigenvalue weighted by Gasteiger charge is 2.41. The lowest BCUT2D eigenvalue weighted by atomic mass is 10.1. The first-order valence-corrected chi connectivity index (χ1v) is 9.99. The minimum atomic E-state index is -0.686. The first kappa shape index (κ1) is 20.7. The smallest absolute Gasteiger partial charge is 0.411 e. The molecule has 7 nitrogen and oxygen atoms in total. The van der Waals surface area contributed by atoms with Crippen LogP contribution in [-0.2, 0) is 27.1 Å². The van der Waals surface area contributed by atoms with E-state index < -0.39 is 35.3 Å². The molecule has 1 saturated heterocycles. The van der Waals surface area contributed by atoms with E-state index in [2.05, 4.69) is 9.97 Å². The average Bonchev–Trinajstić information content (AvgIpc) is 3.40. The Balaban J connectivity index is 1.73. The third kappa shape index (κ3) is 3.45. The number of hydrogen-bond acceptors (Lipinski definition) is 5. The van der Waals surface area contributed by atoms with Gasteiger partial charge in [-0.1, -0.05) is 0 Å². The molecule has 2 aliphatic rings. The Labute approximate surface area is 172 Å². The molecule has 2 heterocycles. The summed E-state index contributed by atoms with van der Waals surface area (Å²) in [6.45, 7) is 5.59. The maximum atomic E-state index is 15.1. The van der Waals surface area contributed by atoms with Gasteiger partial charge in [-0.25, -0.2) is 18.6 Å². The Morgan fingerprint density at radius 3 is 2.50 bits per heavy atom. The first-order valence-electron chi connectivity index (χ1n) is 9.99. The largest absolute Gasteiger partial charge is 0.444 e. The second kappa shape index (κ2) is 7.30. The molecule has 1 aliphatic carbocycles. The maximum Gasteiger partial charge on any atom is 0.411 e. The Kier molecular flexibility index (Phi) is 5.04. The molecule has 1 N–H and O–H groups in total. The molecule has 0 bridgehead atoms. The summed E-state index contributed by atoms with van der Waals surface area (Å²) in [5.41, 5.74) is -0.414. The van der Waals surface area contributed by atoms with E-state index in [9.17, 15) is 9.59 Å². The van der Waals surface area contributed by atoms with E-state index in [0.717, 1.165) is 6.29 Å². The molecule has 0 radical (unpaired) electrons. The van der Waals surface area contributed by atoms with Gasteiger partial charge in [-0.05, 0) is 44.7 Å². The Morgan fingerprint density at radius 2 is 1.90 bits per heavy atom. The molecule has 3 atom stereocenters. The van der Waals surface area contributed by atoms with E-state index in [4.69, 9.17) is 9.47 Å². The van der Waals surface area contributed by atoms with Gasteiger partial charge in [0.25, 0.3) is 0 Å². The number of fused-ring (bicyclic) bond motifs is 2. The highest BCUT2D eigenvalue weighted by molar-refractivity contribution is 5.80. The lowest BCUT2D eigenvalue weighted by molar-refractivity contribution is -0.110. The number of benzene rings is 1. The topological polar surface area (TPSA) is 84.5 Å². The molecule has 2 aromatic rings. The number of carbonyl (C=O) groups is 2. The summed E-state index contributed by atoms with van der Waals surface area (Å²) in [7, 11) is 1.55. The van der Waals surface area contributed by atoms with E-state index >= 15 is 8.78 Å². The zero-order valence-corrected chi connectivity index (χ0v) is 17.4. The van der Waals surface area contributed by atoms with Gasteiger partial charge in [0, 0.05) is 19.4 Å². The van der Waals surface area contributed by atoms with Crippen molar-refractivity contribution < 1.29 is 27.8 Å². The van der Waals surface area contributed by atoms with E-state index in [0.29, 0.717) is 6.42 Å². The van der Waals surface area contributed by atoms with Gasteiger partial charge in [-0.2, -0.15) is 0 Å². The van der Waals surface area contributed by atoms with Gasteiger partial charge in [0.2, 0.25) is 0 Å². The lowest BCUT2D eigenvalue weighted by Gasteiger charge is -2.27. The van der Waals surface area contributed by atoms with E-state index in [-0.39, 0.29) is 53.5 Å². The highest BCUT2D eigenvalue weighted by atomic mass is 19.1. The van der Waals surface area contributed by atoms with Crippen LogP contribution < -0.4 is 0 Å². The van der Waals surface area contributed by atoms with Crippen molar-refractivity contribution in [1.82, 2.24) is 14.9 Å². The van der Waals surface area contributed by atoms with Gasteiger partial charge in [0.15, 0.2) is 11.6 Å². The van der Waals surface area contributed by atoms with Crippen LogP contribution >= 0.6 is 0 Å². The Bertz CT molecular complexity index is 965. The number of nitrogens with one attached hydrogen (secondary N) is 1. The lowest BCUT2D eigenvalue weighted by Crippen LogP contribution is -2.37. The maximum absolute atomic E-state index is 15.1. The average molecular weight is 421 g/mol. The van der Waals surface area contributed by atoms with Crippen molar-refractivity contribution in [2.45, 2.75) is 57.8 Å². The third-order valence-corrected chi connectivity index (χ3v) is 5.71. The van der Waals surface area contributed by atoms with Crippen molar-refractivity contribution in [3.8, 4) is 0 Å². The van der Waals surface area contributed by atoms with Gasteiger partial charge >= 0.3 is 6.09 Å². The monoisotopic (exact) mass is 421 g/mol. The summed E-state index contributed by atoms with van der Waals surface area (Å²) in [6, 6.07) is -0.562. The molecule has 0 saturated carbocycles. The number of nitrogens with zero attached hydrogens (tertiary/aromatic N) is 2. The van der Waals surface area contributed by atoms with Crippen LogP contribution in [0.3, 0.4) is 0 Å². The molecule has 30 heavy (non-hydrogen) atoms. The van der Waals surface area contributed by atoms with Crippen LogP contribution in [0.15, 0.2) is 0 Å². The summed E-state index contributed by atoms with van der Waals surface area (Å²) in [5, 5.41) is 0. The summed E-state index contributed by atoms with van der Waals surface area (Å²) in [6.07, 6.45) is 0.706. The summed E-state index contributed by atoms with van der Waals surface area (Å²) >= 11 is 0. The zero-order valence-electron chi connectivity index (χ0n) is 17.4. The fourth-order valence-electron chi connectivity index (χ4n) is 4.29. The predicted molar refractivity (Wildman–Crippen MR) is 104 cm³/mol. The number of likely N-dealkylation sites (tertiary alicyclic amines) is 1. The molecule has 0 spiro atoms. The third-order valence-electron chi connectivity index (χ3n) is 5.71. The highest BCUT2D eigenvalue weighted by Crippen LogP contribution is 2.38. The fraction of sp³-hybridized carbons (Fsp3) is 0.571. The Hall–Kier alpha value is -2.55. The molecule has 1 aromatic carbocycles. The van der Waals surface area contributed by atoms with Gasteiger partial charge in [-0.3, -0.25) is 4.90 Å². The van der Waals surface area contributed by atoms with Crippen LogP contribution in [0, 0.1) is 17.6 Å². The van der Waals surface area contributed by atoms with Gasteiger partial charge in [-0.15, -0.1) is 0 Å². The molecular weight excluding hydrogens is 396 g/mol. The van der Waals surface area contributed by atoms with E-state index in [1.54, 1.807) is 27.9 Å². The number of hydrogen-bond donors (Lipinski definition) is 1. The number of ether oxygens (including phenoxy) is 2. The van der Waals surface area contributed by atoms with Crippen LogP contribution in [-0.4, -0.2) is 52.6 Å². The molecule has 1 amide bonds. The number of imidazole rings is 1. The van der Waals surface area contributed by atoms with E-state index in [1.165, 1.54) is 4.90 Å². The standard InChI is InChI=1S/C21H25F2N3O4/c1-21(2,3)30-20(28)26-8-11(29-4)7-14(26)19-24-17-15(22)12-5-10(9-27)6-13(12)16(23)18(17)25-19/h9-11,14H,5-8H2,1-4H3,(H,24,25)/t11-,14+/m0/s1. The number of aromatic amines is 1. The predicted octanol–water partition coefficient (Wildman–Crippen LogP) is 3.45. The van der Waals surface area contributed by atoms with Crippen LogP contribution in [0.5, 0.6) is 0 Å². The van der Waals surface area contributed by atoms with Gasteiger partial charge in [0.1, 0.15) is 28.7 Å². The first-order chi connectivity index (χ1) is 14.1. The van der Waals surface area contributed by atoms with Gasteiger partial charge in [0.05, 0.1) is 18.7 Å². The number of H-pyrrole nitrogens is 1. The number of methoxy groups -OCH3 is 1. The molecule has 4 rings (SSSR count). The van der Waals surface area contributed by atoms with Crippen LogP contribution in [0.2, 0.25) is 0 Å². The summed E-state index contributed by atoms with van der Waals surface area (Å²) < 4.78 is 41.1. The van der Waals surface area contributed by atoms with Crippen LogP contribution in [0.4, 0.5) is 13.6 Å². The van der Waals surface area contributed by atoms with Crippen molar-refractivity contribution in [2.75, 3.05) is 13.7 Å². The molecule has 1 unspecified atom stereocenters. The molecule has 162 valence electrons. The van der Waals surface area contributed by atoms with Crippen molar-refractivity contribution in [3.05, 3.63) is 28.6 Å². The van der Waals surface area contributed by atoms with Crippen molar-refractivity contribution in [2.24, 2.45) is 5.92 Å². The number of aldehydes is 1. The van der Waals surface area contributed by atoms with Crippen LogP contribution in [0.25, 0.3) is 11.0 Å². The van der Waals surface area contributed by atoms with Gasteiger partial charge < -0.3 is 19.3 Å². The normalized spacial score (nSPS) is 22.0. The minimum Gasteiger partial charge on any atom is -0.444 e. The molecule has 1 aliphatic heterocycles. The number of halogens is 2. The fourth-order valence-corrected chi connectivity index (χ4v) is 4.29. The van der Waals surface area contributed by atoms with Crippen molar-refractivity contribution >= 4 is 23.4 Å². The number of rotatable bonds is 3. The minimum absolute atomic E-state index is 0.0437. The van der Waals surface area contributed by atoms with E-state index in [1.807, 2.05) is 0 Å². The summed E-state index contributed by atoms with van der Waals surface area (Å²) in [5.74, 6) is -1.34. The van der Waals surface area contributed by atoms with Crippen molar-refractivity contribution in [3.63, 3.8) is 0 Å². The number of aromatic nitrogens is 2. The summed E-state index contributed by atoms with van der Waals surface area (Å²) in [4.78, 5) is 32.5. The molecule has 9 heteroatoms. The number of amides is 1. The quantitative estimate of drug-likeness (QED) is 0.768. The SMILES string of the molecule is CO[C@H]1C[C@H](c2nc3c(F)c4c(c(F)c3[nH]2)CC(C=O)C4)N(C(=O)OC(C)(C)C)C1. The second-order valence-electron chi connectivity index (χ2n) is 8.98.